The molecule has 1 N–H and O–H groups in total. The zero-order valence-electron chi connectivity index (χ0n) is 14.2. The number of aromatic amines is 1. The van der Waals surface area contributed by atoms with Crippen LogP contribution in [-0.2, 0) is 0 Å². The number of benzene rings is 2. The summed E-state index contributed by atoms with van der Waals surface area (Å²) in [6.07, 6.45) is 1.49. The summed E-state index contributed by atoms with van der Waals surface area (Å²) in [4.78, 5) is 20.5. The van der Waals surface area contributed by atoms with Crippen molar-refractivity contribution >= 4 is 28.2 Å². The van der Waals surface area contributed by atoms with Crippen molar-refractivity contribution in [3.05, 3.63) is 70.0 Å². The first-order valence-electron chi connectivity index (χ1n) is 7.96. The van der Waals surface area contributed by atoms with Gasteiger partial charge in [-0.3, -0.25) is 4.79 Å². The van der Waals surface area contributed by atoms with E-state index in [1.807, 2.05) is 18.2 Å². The second-order valence-corrected chi connectivity index (χ2v) is 5.83. The molecule has 0 amide bonds. The molecular weight excluding hydrogens is 335 g/mol. The van der Waals surface area contributed by atoms with Crippen LogP contribution >= 0.6 is 0 Å². The Morgan fingerprint density at radius 2 is 2.00 bits per heavy atom. The summed E-state index contributed by atoms with van der Waals surface area (Å²) in [5.41, 5.74) is 2.11. The van der Waals surface area contributed by atoms with Crippen LogP contribution in [0.25, 0.3) is 21.9 Å². The van der Waals surface area contributed by atoms with E-state index in [1.54, 1.807) is 26.2 Å². The van der Waals surface area contributed by atoms with Crippen LogP contribution in [0, 0.1) is 12.7 Å². The Labute approximate surface area is 147 Å². The van der Waals surface area contributed by atoms with E-state index >= 15 is 0 Å². The third-order valence-electron chi connectivity index (χ3n) is 4.16. The molecule has 0 fully saturated rings. The average molecular weight is 350 g/mol. The number of halogens is 1. The average Bonchev–Trinajstić information content (AvgIpc) is 3.01. The van der Waals surface area contributed by atoms with Crippen LogP contribution in [0.5, 0.6) is 5.75 Å². The molecule has 0 atom stereocenters. The smallest absolute Gasteiger partial charge is 0.298 e. The van der Waals surface area contributed by atoms with Gasteiger partial charge in [-0.2, -0.15) is 9.78 Å². The van der Waals surface area contributed by atoms with Crippen LogP contribution in [0.2, 0.25) is 0 Å². The Bertz CT molecular complexity index is 1210. The summed E-state index contributed by atoms with van der Waals surface area (Å²) in [5, 5.41) is 5.05. The van der Waals surface area contributed by atoms with Crippen LogP contribution in [0.4, 0.5) is 4.39 Å². The third-order valence-corrected chi connectivity index (χ3v) is 4.16. The van der Waals surface area contributed by atoms with Gasteiger partial charge in [-0.25, -0.2) is 9.37 Å². The van der Waals surface area contributed by atoms with E-state index < -0.39 is 0 Å². The van der Waals surface area contributed by atoms with E-state index in [-0.39, 0.29) is 11.4 Å². The van der Waals surface area contributed by atoms with Crippen molar-refractivity contribution in [3.8, 4) is 5.75 Å². The van der Waals surface area contributed by atoms with Gasteiger partial charge in [-0.05, 0) is 36.8 Å². The van der Waals surface area contributed by atoms with Gasteiger partial charge in [0, 0.05) is 11.5 Å². The molecule has 6 nitrogen and oxygen atoms in total. The molecule has 0 spiro atoms. The van der Waals surface area contributed by atoms with Gasteiger partial charge in [0.05, 0.1) is 18.8 Å². The van der Waals surface area contributed by atoms with E-state index in [9.17, 15) is 9.18 Å². The van der Waals surface area contributed by atoms with Crippen LogP contribution in [0.15, 0.2) is 52.4 Å². The van der Waals surface area contributed by atoms with Gasteiger partial charge in [0.2, 0.25) is 0 Å². The highest BCUT2D eigenvalue weighted by Gasteiger charge is 2.13. The minimum absolute atomic E-state index is 0.305. The van der Waals surface area contributed by atoms with Crippen molar-refractivity contribution in [3.63, 3.8) is 0 Å². The molecule has 0 aliphatic carbocycles. The number of aryl methyl sites for hydroxylation is 1. The van der Waals surface area contributed by atoms with Crippen molar-refractivity contribution in [2.75, 3.05) is 7.11 Å². The summed E-state index contributed by atoms with van der Waals surface area (Å²) in [5.74, 6) is 0.820. The van der Waals surface area contributed by atoms with E-state index in [0.717, 1.165) is 10.9 Å². The largest absolute Gasteiger partial charge is 0.497 e. The molecule has 2 aromatic carbocycles. The molecule has 7 heteroatoms. The zero-order chi connectivity index (χ0) is 18.3. The van der Waals surface area contributed by atoms with Gasteiger partial charge in [-0.15, -0.1) is 0 Å². The monoisotopic (exact) mass is 350 g/mol. The summed E-state index contributed by atoms with van der Waals surface area (Å²) < 4.78 is 19.4. The van der Waals surface area contributed by atoms with Crippen LogP contribution in [0.3, 0.4) is 0 Å². The minimum Gasteiger partial charge on any atom is -0.497 e. The van der Waals surface area contributed by atoms with Gasteiger partial charge in [0.15, 0.2) is 0 Å². The molecule has 4 rings (SSSR count). The fourth-order valence-corrected chi connectivity index (χ4v) is 2.83. The highest BCUT2D eigenvalue weighted by atomic mass is 19.1. The number of methoxy groups -OCH3 is 1. The number of rotatable bonds is 3. The van der Waals surface area contributed by atoms with Crippen LogP contribution in [-0.4, -0.2) is 28.0 Å². The Morgan fingerprint density at radius 3 is 2.73 bits per heavy atom. The fraction of sp³-hybridized carbons (Fsp3) is 0.105. The lowest BCUT2D eigenvalue weighted by atomic mass is 10.2. The van der Waals surface area contributed by atoms with Crippen LogP contribution in [0.1, 0.15) is 11.4 Å². The molecule has 2 aromatic heterocycles. The molecule has 4 aromatic rings. The summed E-state index contributed by atoms with van der Waals surface area (Å²) in [7, 11) is 1.59. The normalized spacial score (nSPS) is 11.7. The van der Waals surface area contributed by atoms with Crippen LogP contribution < -0.4 is 10.3 Å². The zero-order valence-corrected chi connectivity index (χ0v) is 14.2. The number of H-pyrrole nitrogens is 1. The number of ether oxygens (including phenoxy) is 1. The second kappa shape index (κ2) is 6.11. The number of nitrogens with one attached hydrogen (secondary N) is 1. The molecule has 0 radical (unpaired) electrons. The lowest BCUT2D eigenvalue weighted by Crippen LogP contribution is -2.20. The molecule has 0 aliphatic heterocycles. The molecular formula is C19H15FN4O2. The lowest BCUT2D eigenvalue weighted by molar-refractivity contribution is 0.415. The maximum atomic E-state index is 13.0. The third kappa shape index (κ3) is 2.63. The fourth-order valence-electron chi connectivity index (χ4n) is 2.83. The maximum absolute atomic E-state index is 13.0. The van der Waals surface area contributed by atoms with E-state index in [2.05, 4.69) is 15.1 Å². The SMILES string of the molecule is COc1ccc2c(c1)[nH]c1c(=O)n(N=Cc3ccc(F)cc3)c(C)nc12. The van der Waals surface area contributed by atoms with Gasteiger partial charge in [0.1, 0.15) is 28.4 Å². The highest BCUT2D eigenvalue weighted by Crippen LogP contribution is 2.25. The van der Waals surface area contributed by atoms with Gasteiger partial charge in [-0.1, -0.05) is 12.1 Å². The second-order valence-electron chi connectivity index (χ2n) is 5.83. The number of fused-ring (bicyclic) bond motifs is 3. The summed E-state index contributed by atoms with van der Waals surface area (Å²) in [6, 6.07) is 11.3. The lowest BCUT2D eigenvalue weighted by Gasteiger charge is -2.03. The van der Waals surface area contributed by atoms with Gasteiger partial charge < -0.3 is 9.72 Å². The molecule has 130 valence electrons. The quantitative estimate of drug-likeness (QED) is 0.577. The Kier molecular flexibility index (Phi) is 3.76. The van der Waals surface area contributed by atoms with E-state index in [1.165, 1.54) is 23.0 Å². The predicted octanol–water partition coefficient (Wildman–Crippen LogP) is 3.22. The van der Waals surface area contributed by atoms with Crippen molar-refractivity contribution in [2.45, 2.75) is 6.92 Å². The molecule has 0 unspecified atom stereocenters. The van der Waals surface area contributed by atoms with E-state index in [4.69, 9.17) is 4.74 Å². The summed E-state index contributed by atoms with van der Waals surface area (Å²) >= 11 is 0. The first kappa shape index (κ1) is 16.0. The maximum Gasteiger partial charge on any atom is 0.298 e. The van der Waals surface area contributed by atoms with Crippen molar-refractivity contribution in [1.82, 2.24) is 14.6 Å². The molecule has 0 saturated carbocycles. The first-order valence-corrected chi connectivity index (χ1v) is 7.96. The highest BCUT2D eigenvalue weighted by molar-refractivity contribution is 6.04. The van der Waals surface area contributed by atoms with Crippen molar-refractivity contribution in [2.24, 2.45) is 5.10 Å². The van der Waals surface area contributed by atoms with Crippen molar-refractivity contribution in [1.29, 1.82) is 0 Å². The Hall–Kier alpha value is -3.48. The Morgan fingerprint density at radius 1 is 1.23 bits per heavy atom. The predicted molar refractivity (Wildman–Crippen MR) is 98.5 cm³/mol. The molecule has 0 saturated heterocycles. The Balaban J connectivity index is 1.86. The van der Waals surface area contributed by atoms with Gasteiger partial charge in [0.25, 0.3) is 5.56 Å². The molecule has 2 heterocycles. The van der Waals surface area contributed by atoms with Crippen molar-refractivity contribution < 1.29 is 9.13 Å². The molecule has 0 bridgehead atoms. The van der Waals surface area contributed by atoms with Gasteiger partial charge >= 0.3 is 0 Å². The molecule has 0 aliphatic rings. The molecule has 26 heavy (non-hydrogen) atoms. The number of aromatic nitrogens is 3. The standard InChI is InChI=1S/C19H15FN4O2/c1-11-22-17-15-8-7-14(26-2)9-16(15)23-18(17)19(25)24(11)21-10-12-3-5-13(20)6-4-12/h3-10,23H,1-2H3. The topological polar surface area (TPSA) is 72.3 Å². The summed E-state index contributed by atoms with van der Waals surface area (Å²) in [6.45, 7) is 1.71. The number of hydrogen-bond donors (Lipinski definition) is 1. The number of nitrogens with zero attached hydrogens (tertiary/aromatic N) is 3. The minimum atomic E-state index is -0.327. The van der Waals surface area contributed by atoms with E-state index in [0.29, 0.717) is 28.2 Å². The first-order chi connectivity index (χ1) is 12.6. The number of hydrogen-bond acceptors (Lipinski definition) is 4.